The molecule has 1 atom stereocenters. The van der Waals surface area contributed by atoms with Gasteiger partial charge in [0, 0.05) is 11.0 Å². The van der Waals surface area contributed by atoms with Crippen molar-refractivity contribution in [1.82, 2.24) is 0 Å². The maximum Gasteiger partial charge on any atom is 0.0726 e. The first-order valence-corrected chi connectivity index (χ1v) is 12.0. The maximum absolute atomic E-state index is 6.73. The molecule has 0 aromatic heterocycles. The molecular weight excluding hydrogens is 381 g/mol. The highest BCUT2D eigenvalue weighted by molar-refractivity contribution is 7.74. The zero-order chi connectivity index (χ0) is 20.5. The molecule has 146 valence electrons. The van der Waals surface area contributed by atoms with Crippen molar-refractivity contribution in [1.29, 1.82) is 0 Å². The van der Waals surface area contributed by atoms with E-state index in [1.54, 1.807) is 0 Å². The van der Waals surface area contributed by atoms with Gasteiger partial charge in [0.2, 0.25) is 0 Å². The summed E-state index contributed by atoms with van der Waals surface area (Å²) >= 11 is 0. The number of fused-ring (bicyclic) bond motifs is 9. The van der Waals surface area contributed by atoms with E-state index in [4.69, 9.17) is 5.73 Å². The van der Waals surface area contributed by atoms with E-state index < -0.39 is 7.92 Å². The van der Waals surface area contributed by atoms with Crippen LogP contribution in [0, 0.1) is 0 Å². The molecule has 4 aromatic rings. The van der Waals surface area contributed by atoms with Crippen molar-refractivity contribution in [3.63, 3.8) is 0 Å². The number of nitrogen functional groups attached to an aromatic ring is 1. The minimum Gasteiger partial charge on any atom is -0.398 e. The number of hydrogen-bond acceptors (Lipinski definition) is 1. The maximum atomic E-state index is 6.73. The van der Waals surface area contributed by atoms with Crippen molar-refractivity contribution < 1.29 is 0 Å². The summed E-state index contributed by atoms with van der Waals surface area (Å²) in [6, 6.07) is 33.5. The lowest BCUT2D eigenvalue weighted by atomic mass is 9.67. The molecular formula is C28H24NP. The van der Waals surface area contributed by atoms with Crippen LogP contribution < -0.4 is 16.3 Å². The molecule has 0 radical (unpaired) electrons. The summed E-state index contributed by atoms with van der Waals surface area (Å²) in [6.45, 7) is 4.68. The standard InChI is InChI=1S/C28H24NP/c1-18(2)30-26-17-8-7-14-23(26)28(24-15-9-16-25(29)27(24)30)21-12-5-3-10-19(21)20-11-4-6-13-22(20)28/h3-18H,29H2,1-2H3. The van der Waals surface area contributed by atoms with E-state index in [0.29, 0.717) is 5.66 Å². The van der Waals surface area contributed by atoms with Gasteiger partial charge in [-0.1, -0.05) is 98.8 Å². The number of nitrogens with two attached hydrogens (primary N) is 1. The molecule has 0 bridgehead atoms. The Morgan fingerprint density at radius 2 is 1.17 bits per heavy atom. The molecule has 1 heterocycles. The van der Waals surface area contributed by atoms with Gasteiger partial charge in [0.05, 0.1) is 5.41 Å². The van der Waals surface area contributed by atoms with Crippen LogP contribution >= 0.6 is 7.92 Å². The predicted molar refractivity (Wildman–Crippen MR) is 129 cm³/mol. The molecule has 30 heavy (non-hydrogen) atoms. The van der Waals surface area contributed by atoms with Crippen molar-refractivity contribution in [2.75, 3.05) is 5.73 Å². The van der Waals surface area contributed by atoms with Crippen LogP contribution in [-0.4, -0.2) is 5.66 Å². The third kappa shape index (κ3) is 2.06. The van der Waals surface area contributed by atoms with Gasteiger partial charge in [0.1, 0.15) is 0 Å². The van der Waals surface area contributed by atoms with Crippen molar-refractivity contribution in [2.24, 2.45) is 0 Å². The van der Waals surface area contributed by atoms with Crippen molar-refractivity contribution >= 4 is 24.2 Å². The lowest BCUT2D eigenvalue weighted by molar-refractivity contribution is 0.776. The van der Waals surface area contributed by atoms with E-state index >= 15 is 0 Å². The first kappa shape index (κ1) is 17.9. The summed E-state index contributed by atoms with van der Waals surface area (Å²) in [5.41, 5.74) is 16.1. The molecule has 0 saturated carbocycles. The zero-order valence-corrected chi connectivity index (χ0v) is 18.2. The Morgan fingerprint density at radius 1 is 0.633 bits per heavy atom. The van der Waals surface area contributed by atoms with Crippen LogP contribution in [0.4, 0.5) is 5.69 Å². The second-order valence-electron chi connectivity index (χ2n) is 8.57. The fourth-order valence-corrected chi connectivity index (χ4v) is 8.67. The van der Waals surface area contributed by atoms with Crippen molar-refractivity contribution in [3.8, 4) is 11.1 Å². The van der Waals surface area contributed by atoms with Gasteiger partial charge in [-0.15, -0.1) is 0 Å². The van der Waals surface area contributed by atoms with E-state index in [-0.39, 0.29) is 5.41 Å². The molecule has 1 aliphatic carbocycles. The molecule has 1 spiro atoms. The van der Waals surface area contributed by atoms with Crippen LogP contribution in [0.15, 0.2) is 91.0 Å². The molecule has 0 fully saturated rings. The van der Waals surface area contributed by atoms with Crippen molar-refractivity contribution in [3.05, 3.63) is 113 Å². The third-order valence-corrected chi connectivity index (χ3v) is 9.67. The summed E-state index contributed by atoms with van der Waals surface area (Å²) in [6.07, 6.45) is 0. The van der Waals surface area contributed by atoms with Gasteiger partial charge >= 0.3 is 0 Å². The average molecular weight is 405 g/mol. The smallest absolute Gasteiger partial charge is 0.0726 e. The fourth-order valence-electron chi connectivity index (χ4n) is 5.75. The van der Waals surface area contributed by atoms with Crippen LogP contribution in [-0.2, 0) is 5.41 Å². The van der Waals surface area contributed by atoms with Gasteiger partial charge in [-0.25, -0.2) is 0 Å². The van der Waals surface area contributed by atoms with Gasteiger partial charge in [0.25, 0.3) is 0 Å². The lowest BCUT2D eigenvalue weighted by Gasteiger charge is -2.44. The number of anilines is 1. The third-order valence-electron chi connectivity index (χ3n) is 6.75. The first-order chi connectivity index (χ1) is 14.7. The second-order valence-corrected chi connectivity index (χ2v) is 11.3. The quantitative estimate of drug-likeness (QED) is 0.277. The summed E-state index contributed by atoms with van der Waals surface area (Å²) in [7, 11) is -0.529. The summed E-state index contributed by atoms with van der Waals surface area (Å²) in [5.74, 6) is 0. The first-order valence-electron chi connectivity index (χ1n) is 10.6. The monoisotopic (exact) mass is 405 g/mol. The minimum atomic E-state index is -0.529. The molecule has 0 saturated heterocycles. The Labute approximate surface area is 179 Å². The molecule has 1 aliphatic heterocycles. The van der Waals surface area contributed by atoms with Crippen molar-refractivity contribution in [2.45, 2.75) is 24.9 Å². The zero-order valence-electron chi connectivity index (χ0n) is 17.3. The van der Waals surface area contributed by atoms with Crippen LogP contribution in [0.5, 0.6) is 0 Å². The van der Waals surface area contributed by atoms with Crippen LogP contribution in [0.3, 0.4) is 0 Å². The lowest BCUT2D eigenvalue weighted by Crippen LogP contribution is -2.44. The highest BCUT2D eigenvalue weighted by Gasteiger charge is 2.52. The van der Waals surface area contributed by atoms with E-state index in [1.165, 1.54) is 44.0 Å². The Morgan fingerprint density at radius 3 is 1.80 bits per heavy atom. The summed E-state index contributed by atoms with van der Waals surface area (Å²) in [4.78, 5) is 0. The minimum absolute atomic E-state index is 0.303. The Kier molecular flexibility index (Phi) is 3.77. The number of rotatable bonds is 1. The van der Waals surface area contributed by atoms with Crippen LogP contribution in [0.25, 0.3) is 11.1 Å². The largest absolute Gasteiger partial charge is 0.398 e. The van der Waals surface area contributed by atoms with E-state index in [2.05, 4.69) is 105 Å². The molecule has 0 amide bonds. The highest BCUT2D eigenvalue weighted by Crippen LogP contribution is 2.61. The molecule has 2 N–H and O–H groups in total. The normalized spacial score (nSPS) is 17.4. The van der Waals surface area contributed by atoms with Gasteiger partial charge in [-0.3, -0.25) is 0 Å². The van der Waals surface area contributed by atoms with E-state index in [9.17, 15) is 0 Å². The molecule has 2 aliphatic rings. The number of benzene rings is 4. The van der Waals surface area contributed by atoms with Crippen LogP contribution in [0.1, 0.15) is 36.1 Å². The Hall–Kier alpha value is -2.89. The molecule has 1 unspecified atom stereocenters. The Bertz CT molecular complexity index is 1260. The average Bonchev–Trinajstić information content (AvgIpc) is 3.06. The van der Waals surface area contributed by atoms with Gasteiger partial charge < -0.3 is 5.73 Å². The summed E-state index contributed by atoms with van der Waals surface area (Å²) in [5, 5.41) is 2.84. The fraction of sp³-hybridized carbons (Fsp3) is 0.143. The predicted octanol–water partition coefficient (Wildman–Crippen LogP) is 5.79. The SMILES string of the molecule is CC(C)P1c2ccccc2C2(c3ccccc3-c3ccccc32)c2cccc(N)c21. The highest BCUT2D eigenvalue weighted by atomic mass is 31.1. The van der Waals surface area contributed by atoms with E-state index in [1.807, 2.05) is 0 Å². The molecule has 1 nitrogen and oxygen atoms in total. The second kappa shape index (κ2) is 6.30. The van der Waals surface area contributed by atoms with Crippen LogP contribution in [0.2, 0.25) is 0 Å². The van der Waals surface area contributed by atoms with Gasteiger partial charge in [0.15, 0.2) is 0 Å². The molecule has 6 rings (SSSR count). The number of hydrogen-bond donors (Lipinski definition) is 1. The molecule has 2 heteroatoms. The van der Waals surface area contributed by atoms with Gasteiger partial charge in [-0.05, 0) is 58.3 Å². The van der Waals surface area contributed by atoms with E-state index in [0.717, 1.165) is 5.69 Å². The molecule has 4 aromatic carbocycles. The topological polar surface area (TPSA) is 26.0 Å². The van der Waals surface area contributed by atoms with Gasteiger partial charge in [-0.2, -0.15) is 0 Å². The Balaban J connectivity index is 1.86. The summed E-state index contributed by atoms with van der Waals surface area (Å²) < 4.78 is 0.